The van der Waals surface area contributed by atoms with Crippen LogP contribution in [0.5, 0.6) is 0 Å². The molecular weight excluding hydrogens is 390 g/mol. The fourth-order valence-electron chi connectivity index (χ4n) is 3.05. The largest absolute Gasteiger partial charge is 0.321 e. The van der Waals surface area contributed by atoms with Gasteiger partial charge in [0.05, 0.1) is 10.4 Å². The highest BCUT2D eigenvalue weighted by atomic mass is 32.1. The Kier molecular flexibility index (Phi) is 4.03. The van der Waals surface area contributed by atoms with Crippen LogP contribution in [0.25, 0.3) is 15.3 Å². The van der Waals surface area contributed by atoms with E-state index in [1.807, 2.05) is 40.2 Å². The highest BCUT2D eigenvalue weighted by molar-refractivity contribution is 7.21. The number of thiazole rings is 1. The number of fused-ring (bicyclic) bond motifs is 3. The molecule has 0 aliphatic carbocycles. The van der Waals surface area contributed by atoms with E-state index in [2.05, 4.69) is 10.3 Å². The minimum atomic E-state index is -0.212. The fraction of sp³-hybridized carbons (Fsp3) is 0. The van der Waals surface area contributed by atoms with Crippen LogP contribution in [0, 0.1) is 0 Å². The van der Waals surface area contributed by atoms with E-state index in [9.17, 15) is 9.59 Å². The second-order valence-electron chi connectivity index (χ2n) is 6.20. The average Bonchev–Trinajstić information content (AvgIpc) is 3.40. The summed E-state index contributed by atoms with van der Waals surface area (Å²) in [7, 11) is 0. The topological polar surface area (TPSA) is 63.5 Å². The Morgan fingerprint density at radius 1 is 0.964 bits per heavy atom. The number of amides is 1. The zero-order chi connectivity index (χ0) is 19.1. The molecule has 3 heterocycles. The number of ketones is 1. The second kappa shape index (κ2) is 6.70. The molecule has 0 saturated carbocycles. The number of nitrogens with one attached hydrogen (secondary N) is 1. The summed E-state index contributed by atoms with van der Waals surface area (Å²) in [6, 6.07) is 17.9. The van der Waals surface area contributed by atoms with Gasteiger partial charge >= 0.3 is 0 Å². The molecule has 0 saturated heterocycles. The van der Waals surface area contributed by atoms with Gasteiger partial charge in [0.1, 0.15) is 4.83 Å². The normalized spacial score (nSPS) is 11.1. The van der Waals surface area contributed by atoms with Crippen LogP contribution in [0.15, 0.2) is 72.2 Å². The van der Waals surface area contributed by atoms with E-state index < -0.39 is 0 Å². The molecule has 1 N–H and O–H groups in total. The molecule has 7 heteroatoms. The first-order chi connectivity index (χ1) is 13.7. The maximum atomic E-state index is 12.7. The van der Waals surface area contributed by atoms with Gasteiger partial charge in [-0.05, 0) is 18.2 Å². The molecule has 0 spiro atoms. The Labute approximate surface area is 167 Å². The van der Waals surface area contributed by atoms with E-state index in [4.69, 9.17) is 0 Å². The lowest BCUT2D eigenvalue weighted by Crippen LogP contribution is -2.11. The van der Waals surface area contributed by atoms with Crippen LogP contribution in [0.1, 0.15) is 25.6 Å². The van der Waals surface area contributed by atoms with E-state index in [0.717, 1.165) is 15.3 Å². The zero-order valence-corrected chi connectivity index (χ0v) is 16.1. The molecule has 0 aliphatic rings. The molecule has 0 bridgehead atoms. The van der Waals surface area contributed by atoms with Crippen molar-refractivity contribution in [2.45, 2.75) is 0 Å². The van der Waals surface area contributed by atoms with Crippen molar-refractivity contribution in [2.75, 3.05) is 5.32 Å². The number of hydrogen-bond donors (Lipinski definition) is 1. The van der Waals surface area contributed by atoms with Crippen LogP contribution in [0.2, 0.25) is 0 Å². The Morgan fingerprint density at radius 2 is 1.79 bits per heavy atom. The number of benzene rings is 2. The molecule has 0 aliphatic heterocycles. The van der Waals surface area contributed by atoms with Crippen LogP contribution in [-0.2, 0) is 0 Å². The third-order valence-corrected chi connectivity index (χ3v) is 6.16. The summed E-state index contributed by atoms with van der Waals surface area (Å²) in [5.41, 5.74) is 2.66. The van der Waals surface area contributed by atoms with Gasteiger partial charge in [-0.3, -0.25) is 14.0 Å². The first-order valence-corrected chi connectivity index (χ1v) is 10.2. The first kappa shape index (κ1) is 16.9. The Bertz CT molecular complexity index is 1330. The van der Waals surface area contributed by atoms with Gasteiger partial charge in [-0.2, -0.15) is 0 Å². The summed E-state index contributed by atoms with van der Waals surface area (Å²) in [4.78, 5) is 32.2. The van der Waals surface area contributed by atoms with E-state index >= 15 is 0 Å². The Morgan fingerprint density at radius 3 is 2.64 bits per heavy atom. The van der Waals surface area contributed by atoms with Gasteiger partial charge in [-0.1, -0.05) is 42.5 Å². The van der Waals surface area contributed by atoms with Crippen LogP contribution < -0.4 is 5.32 Å². The first-order valence-electron chi connectivity index (χ1n) is 8.55. The molecule has 1 amide bonds. The third kappa shape index (κ3) is 2.90. The summed E-state index contributed by atoms with van der Waals surface area (Å²) in [6.07, 6.45) is 1.95. The molecule has 5 aromatic rings. The molecule has 2 aromatic carbocycles. The van der Waals surface area contributed by atoms with Crippen LogP contribution in [-0.4, -0.2) is 21.1 Å². The van der Waals surface area contributed by atoms with Crippen molar-refractivity contribution in [3.8, 4) is 0 Å². The third-order valence-electron chi connectivity index (χ3n) is 4.38. The Balaban J connectivity index is 1.40. The lowest BCUT2D eigenvalue weighted by Gasteiger charge is -2.06. The lowest BCUT2D eigenvalue weighted by molar-refractivity contribution is 0.102. The van der Waals surface area contributed by atoms with Crippen molar-refractivity contribution in [1.29, 1.82) is 0 Å². The highest BCUT2D eigenvalue weighted by Crippen LogP contribution is 2.28. The van der Waals surface area contributed by atoms with Crippen molar-refractivity contribution in [3.63, 3.8) is 0 Å². The number of nitrogens with zero attached hydrogens (tertiary/aromatic N) is 2. The zero-order valence-electron chi connectivity index (χ0n) is 14.5. The maximum Gasteiger partial charge on any atom is 0.265 e. The van der Waals surface area contributed by atoms with Gasteiger partial charge in [0.25, 0.3) is 5.91 Å². The number of anilines is 1. The van der Waals surface area contributed by atoms with Crippen LogP contribution in [0.4, 0.5) is 5.69 Å². The van der Waals surface area contributed by atoms with Crippen molar-refractivity contribution in [3.05, 3.63) is 88.2 Å². The monoisotopic (exact) mass is 403 g/mol. The highest BCUT2D eigenvalue weighted by Gasteiger charge is 2.16. The van der Waals surface area contributed by atoms with E-state index in [1.54, 1.807) is 47.7 Å². The number of carbonyl (C=O) groups excluding carboxylic acids is 2. The molecular formula is C21H13N3O2S2. The molecule has 0 unspecified atom stereocenters. The molecule has 28 heavy (non-hydrogen) atoms. The summed E-state index contributed by atoms with van der Waals surface area (Å²) >= 11 is 2.92. The van der Waals surface area contributed by atoms with Gasteiger partial charge in [0.2, 0.25) is 0 Å². The van der Waals surface area contributed by atoms with Gasteiger partial charge in [0.15, 0.2) is 10.7 Å². The summed E-state index contributed by atoms with van der Waals surface area (Å²) in [5.74, 6) is -0.289. The quantitative estimate of drug-likeness (QED) is 0.425. The SMILES string of the molecule is O=C(c1ccccc1)c1cccc(NC(=O)c2cc3c(nc4sccn43)s2)c1. The number of carbonyl (C=O) groups is 2. The lowest BCUT2D eigenvalue weighted by atomic mass is 10.0. The van der Waals surface area contributed by atoms with Crippen molar-refractivity contribution in [2.24, 2.45) is 0 Å². The van der Waals surface area contributed by atoms with Crippen molar-refractivity contribution in [1.82, 2.24) is 9.38 Å². The number of rotatable bonds is 4. The second-order valence-corrected chi connectivity index (χ2v) is 8.10. The van der Waals surface area contributed by atoms with Crippen LogP contribution >= 0.6 is 22.7 Å². The summed E-state index contributed by atoms with van der Waals surface area (Å²) < 4.78 is 1.98. The van der Waals surface area contributed by atoms with Gasteiger partial charge < -0.3 is 5.32 Å². The number of hydrogen-bond acceptors (Lipinski definition) is 5. The predicted octanol–water partition coefficient (Wildman–Crippen LogP) is 5.09. The molecule has 0 radical (unpaired) electrons. The van der Waals surface area contributed by atoms with E-state index in [1.165, 1.54) is 11.3 Å². The molecule has 3 aromatic heterocycles. The Hall–Kier alpha value is -3.29. The smallest absolute Gasteiger partial charge is 0.265 e. The molecule has 136 valence electrons. The van der Waals surface area contributed by atoms with E-state index in [-0.39, 0.29) is 11.7 Å². The number of aromatic nitrogens is 2. The molecule has 5 rings (SSSR count). The van der Waals surface area contributed by atoms with E-state index in [0.29, 0.717) is 21.7 Å². The van der Waals surface area contributed by atoms with Gasteiger partial charge in [-0.15, -0.1) is 22.7 Å². The molecule has 0 atom stereocenters. The maximum absolute atomic E-state index is 12.7. The average molecular weight is 403 g/mol. The number of imidazole rings is 1. The van der Waals surface area contributed by atoms with Crippen LogP contribution in [0.3, 0.4) is 0 Å². The van der Waals surface area contributed by atoms with Crippen molar-refractivity contribution >= 4 is 55.4 Å². The minimum Gasteiger partial charge on any atom is -0.321 e. The standard InChI is InChI=1S/C21H13N3O2S2/c25-18(13-5-2-1-3-6-13)14-7-4-8-15(11-14)22-19(26)17-12-16-20(28-17)23-21-24(16)9-10-27-21/h1-12H,(H,22,26). The van der Waals surface area contributed by atoms with Gasteiger partial charge in [0, 0.05) is 28.4 Å². The van der Waals surface area contributed by atoms with Crippen molar-refractivity contribution < 1.29 is 9.59 Å². The predicted molar refractivity (Wildman–Crippen MR) is 113 cm³/mol. The number of thiophene rings is 1. The fourth-order valence-corrected chi connectivity index (χ4v) is 4.74. The summed E-state index contributed by atoms with van der Waals surface area (Å²) in [5, 5.41) is 4.85. The minimum absolute atomic E-state index is 0.0769. The molecule has 0 fully saturated rings. The summed E-state index contributed by atoms with van der Waals surface area (Å²) in [6.45, 7) is 0. The van der Waals surface area contributed by atoms with Gasteiger partial charge in [-0.25, -0.2) is 4.98 Å². The molecule has 5 nitrogen and oxygen atoms in total.